The van der Waals surface area contributed by atoms with E-state index in [4.69, 9.17) is 9.84 Å². The predicted octanol–water partition coefficient (Wildman–Crippen LogP) is 0.809. The molecule has 1 aromatic rings. The average molecular weight is 337 g/mol. The Bertz CT molecular complexity index is 585. The molecule has 1 aliphatic heterocycles. The van der Waals surface area contributed by atoms with Crippen molar-refractivity contribution in [1.29, 1.82) is 0 Å². The zero-order valence-corrected chi connectivity index (χ0v) is 13.8. The minimum atomic E-state index is -0.482. The van der Waals surface area contributed by atoms with Gasteiger partial charge in [-0.25, -0.2) is 0 Å². The number of ether oxygens (including phenoxy) is 1. The van der Waals surface area contributed by atoms with E-state index in [1.807, 2.05) is 0 Å². The standard InChI is InChI=1S/C16H23N3O5/c1-13-2-3-15(14(12-13)19(22)23)24-11-4-16(21)18-7-5-17(6-8-18)9-10-20/h2-3,12,20H,4-11H2,1H3. The highest BCUT2D eigenvalue weighted by Crippen LogP contribution is 2.27. The maximum Gasteiger partial charge on any atom is 0.311 e. The third-order valence-electron chi connectivity index (χ3n) is 4.03. The molecule has 0 aromatic heterocycles. The van der Waals surface area contributed by atoms with Crippen molar-refractivity contribution in [3.8, 4) is 5.75 Å². The number of carbonyl (C=O) groups excluding carboxylic acids is 1. The number of aliphatic hydroxyl groups excluding tert-OH is 1. The third-order valence-corrected chi connectivity index (χ3v) is 4.03. The highest BCUT2D eigenvalue weighted by molar-refractivity contribution is 5.76. The van der Waals surface area contributed by atoms with E-state index < -0.39 is 4.92 Å². The maximum absolute atomic E-state index is 12.2. The van der Waals surface area contributed by atoms with Crippen LogP contribution in [0.1, 0.15) is 12.0 Å². The van der Waals surface area contributed by atoms with Crippen molar-refractivity contribution < 1.29 is 19.6 Å². The van der Waals surface area contributed by atoms with Crippen molar-refractivity contribution in [1.82, 2.24) is 9.80 Å². The summed E-state index contributed by atoms with van der Waals surface area (Å²) in [6, 6.07) is 4.76. The monoisotopic (exact) mass is 337 g/mol. The quantitative estimate of drug-likeness (QED) is 0.584. The Kier molecular flexibility index (Phi) is 6.51. The van der Waals surface area contributed by atoms with Crippen LogP contribution in [0.2, 0.25) is 0 Å². The van der Waals surface area contributed by atoms with Crippen LogP contribution in [0.25, 0.3) is 0 Å². The van der Waals surface area contributed by atoms with Crippen molar-refractivity contribution in [2.24, 2.45) is 0 Å². The molecule has 132 valence electrons. The zero-order chi connectivity index (χ0) is 17.5. The van der Waals surface area contributed by atoms with Gasteiger partial charge >= 0.3 is 5.69 Å². The smallest absolute Gasteiger partial charge is 0.311 e. The Morgan fingerprint density at radius 3 is 2.67 bits per heavy atom. The topological polar surface area (TPSA) is 96.2 Å². The molecular weight excluding hydrogens is 314 g/mol. The molecular formula is C16H23N3O5. The molecule has 0 aliphatic carbocycles. The van der Waals surface area contributed by atoms with Crippen LogP contribution in [-0.4, -0.2) is 71.7 Å². The normalized spacial score (nSPS) is 15.3. The first-order chi connectivity index (χ1) is 11.5. The number of nitro groups is 1. The van der Waals surface area contributed by atoms with Crippen LogP contribution in [0.4, 0.5) is 5.69 Å². The van der Waals surface area contributed by atoms with E-state index in [9.17, 15) is 14.9 Å². The van der Waals surface area contributed by atoms with E-state index in [-0.39, 0.29) is 37.0 Å². The lowest BCUT2D eigenvalue weighted by atomic mass is 10.2. The van der Waals surface area contributed by atoms with Gasteiger partial charge in [-0.15, -0.1) is 0 Å². The van der Waals surface area contributed by atoms with E-state index in [1.54, 1.807) is 24.0 Å². The fourth-order valence-corrected chi connectivity index (χ4v) is 2.66. The molecule has 1 aliphatic rings. The minimum absolute atomic E-state index is 0.0200. The molecule has 0 saturated carbocycles. The van der Waals surface area contributed by atoms with Crippen molar-refractivity contribution in [3.63, 3.8) is 0 Å². The number of rotatable bonds is 7. The van der Waals surface area contributed by atoms with Gasteiger partial charge in [0.05, 0.1) is 24.6 Å². The Labute approximate surface area is 140 Å². The van der Waals surface area contributed by atoms with E-state index in [0.29, 0.717) is 19.6 Å². The molecule has 2 rings (SSSR count). The molecule has 1 fully saturated rings. The van der Waals surface area contributed by atoms with Crippen LogP contribution < -0.4 is 4.74 Å². The van der Waals surface area contributed by atoms with E-state index in [2.05, 4.69) is 4.90 Å². The first kappa shape index (κ1) is 18.2. The molecule has 24 heavy (non-hydrogen) atoms. The number of carbonyl (C=O) groups is 1. The lowest BCUT2D eigenvalue weighted by Gasteiger charge is -2.34. The van der Waals surface area contributed by atoms with Crippen molar-refractivity contribution in [2.45, 2.75) is 13.3 Å². The van der Waals surface area contributed by atoms with E-state index in [1.165, 1.54) is 6.07 Å². The summed E-state index contributed by atoms with van der Waals surface area (Å²) in [5.74, 6) is 0.166. The minimum Gasteiger partial charge on any atom is -0.486 e. The third kappa shape index (κ3) is 4.90. The number of aliphatic hydroxyl groups is 1. The molecule has 0 bridgehead atoms. The summed E-state index contributed by atoms with van der Waals surface area (Å²) in [6.45, 7) is 5.38. The molecule has 0 radical (unpaired) electrons. The number of piperazine rings is 1. The summed E-state index contributed by atoms with van der Waals surface area (Å²) in [4.78, 5) is 26.6. The second-order valence-electron chi connectivity index (χ2n) is 5.77. The Morgan fingerprint density at radius 1 is 1.33 bits per heavy atom. The summed E-state index contributed by atoms with van der Waals surface area (Å²) in [6.07, 6.45) is 0.186. The molecule has 0 unspecified atom stereocenters. The SMILES string of the molecule is Cc1ccc(OCCC(=O)N2CCN(CCO)CC2)c([N+](=O)[O-])c1. The molecule has 1 saturated heterocycles. The fourth-order valence-electron chi connectivity index (χ4n) is 2.66. The molecule has 1 N–H and O–H groups in total. The van der Waals surface area contributed by atoms with Crippen LogP contribution in [0.15, 0.2) is 18.2 Å². The molecule has 1 aromatic carbocycles. The lowest BCUT2D eigenvalue weighted by Crippen LogP contribution is -2.49. The largest absolute Gasteiger partial charge is 0.486 e. The molecule has 1 amide bonds. The van der Waals surface area contributed by atoms with Crippen molar-refractivity contribution in [2.75, 3.05) is 45.9 Å². The molecule has 0 atom stereocenters. The predicted molar refractivity (Wildman–Crippen MR) is 88.1 cm³/mol. The summed E-state index contributed by atoms with van der Waals surface area (Å²) >= 11 is 0. The lowest BCUT2D eigenvalue weighted by molar-refractivity contribution is -0.385. The van der Waals surface area contributed by atoms with Crippen molar-refractivity contribution in [3.05, 3.63) is 33.9 Å². The van der Waals surface area contributed by atoms with Crippen molar-refractivity contribution >= 4 is 11.6 Å². The number of nitro benzene ring substituents is 1. The van der Waals surface area contributed by atoms with Gasteiger partial charge in [0.15, 0.2) is 5.75 Å². The number of aryl methyl sites for hydroxylation is 1. The van der Waals surface area contributed by atoms with Gasteiger partial charge in [-0.2, -0.15) is 0 Å². The molecule has 0 spiro atoms. The zero-order valence-electron chi connectivity index (χ0n) is 13.8. The first-order valence-electron chi connectivity index (χ1n) is 8.00. The summed E-state index contributed by atoms with van der Waals surface area (Å²) in [7, 11) is 0. The van der Waals surface area contributed by atoms with Crippen LogP contribution in [0.5, 0.6) is 5.75 Å². The number of amides is 1. The van der Waals surface area contributed by atoms with E-state index >= 15 is 0 Å². The second-order valence-corrected chi connectivity index (χ2v) is 5.77. The van der Waals surface area contributed by atoms with Gasteiger partial charge in [0.2, 0.25) is 5.91 Å². The number of hydrogen-bond acceptors (Lipinski definition) is 6. The van der Waals surface area contributed by atoms with Gasteiger partial charge in [0, 0.05) is 38.8 Å². The fraction of sp³-hybridized carbons (Fsp3) is 0.562. The summed E-state index contributed by atoms with van der Waals surface area (Å²) < 4.78 is 5.44. The van der Waals surface area contributed by atoms with Gasteiger partial charge in [-0.3, -0.25) is 19.8 Å². The van der Waals surface area contributed by atoms with Crippen LogP contribution >= 0.6 is 0 Å². The molecule has 1 heterocycles. The Hall–Kier alpha value is -2.19. The van der Waals surface area contributed by atoms with Gasteiger partial charge in [-0.05, 0) is 18.6 Å². The average Bonchev–Trinajstić information content (AvgIpc) is 2.57. The molecule has 8 nitrogen and oxygen atoms in total. The van der Waals surface area contributed by atoms with Gasteiger partial charge in [0.25, 0.3) is 0 Å². The van der Waals surface area contributed by atoms with Gasteiger partial charge in [0.1, 0.15) is 0 Å². The summed E-state index contributed by atoms with van der Waals surface area (Å²) in [5.41, 5.74) is 0.700. The Morgan fingerprint density at radius 2 is 2.04 bits per heavy atom. The first-order valence-corrected chi connectivity index (χ1v) is 8.00. The Balaban J connectivity index is 1.80. The number of hydrogen-bond donors (Lipinski definition) is 1. The van der Waals surface area contributed by atoms with Crippen LogP contribution in [0, 0.1) is 17.0 Å². The maximum atomic E-state index is 12.2. The number of nitrogens with zero attached hydrogens (tertiary/aromatic N) is 3. The van der Waals surface area contributed by atoms with Crippen LogP contribution in [0.3, 0.4) is 0 Å². The van der Waals surface area contributed by atoms with Gasteiger partial charge < -0.3 is 14.7 Å². The highest BCUT2D eigenvalue weighted by Gasteiger charge is 2.21. The summed E-state index contributed by atoms with van der Waals surface area (Å²) in [5, 5.41) is 19.9. The number of β-amino-alcohol motifs (C(OH)–C–C–N with tert-alkyl or cyclic N) is 1. The highest BCUT2D eigenvalue weighted by atomic mass is 16.6. The number of benzene rings is 1. The van der Waals surface area contributed by atoms with Crippen LogP contribution in [-0.2, 0) is 4.79 Å². The van der Waals surface area contributed by atoms with Gasteiger partial charge in [-0.1, -0.05) is 6.07 Å². The molecule has 8 heteroatoms. The second kappa shape index (κ2) is 8.60. The van der Waals surface area contributed by atoms with E-state index in [0.717, 1.165) is 18.7 Å².